The summed E-state index contributed by atoms with van der Waals surface area (Å²) in [7, 11) is 12.8. The van der Waals surface area contributed by atoms with Crippen molar-refractivity contribution >= 4 is 90.8 Å². The van der Waals surface area contributed by atoms with Crippen LogP contribution in [-0.4, -0.2) is 81.4 Å². The van der Waals surface area contributed by atoms with Crippen LogP contribution in [0, 0.1) is 6.07 Å². The number of hydrogen-bond acceptors (Lipinski definition) is 4. The normalized spacial score (nSPS) is 11.5. The fourth-order valence-corrected chi connectivity index (χ4v) is 13.4. The van der Waals surface area contributed by atoms with E-state index in [1.54, 1.807) is 45.0 Å². The third-order valence-electron chi connectivity index (χ3n) is 19.6. The van der Waals surface area contributed by atoms with E-state index in [4.69, 9.17) is 26.5 Å². The predicted molar refractivity (Wildman–Crippen MR) is 478 cm³/mol. The van der Waals surface area contributed by atoms with Crippen LogP contribution < -0.4 is 57.7 Å². The second-order valence-corrected chi connectivity index (χ2v) is 35.2. The molecule has 6 rings (SSSR count). The van der Waals surface area contributed by atoms with Gasteiger partial charge in [0.1, 0.15) is 7.85 Å². The molecule has 0 aliphatic carbocycles. The Balaban J connectivity index is -0.00000120. The van der Waals surface area contributed by atoms with Crippen molar-refractivity contribution in [3.05, 3.63) is 183 Å². The molecule has 6 aromatic rings. The van der Waals surface area contributed by atoms with E-state index >= 15 is 0 Å². The van der Waals surface area contributed by atoms with Gasteiger partial charge in [-0.25, -0.2) is 5.46 Å². The summed E-state index contributed by atoms with van der Waals surface area (Å²) < 4.78 is 23.5. The van der Waals surface area contributed by atoms with Gasteiger partial charge in [-0.05, 0) is 186 Å². The fourth-order valence-electron chi connectivity index (χ4n) is 12.3. The molecule has 2 radical (unpaired) electrons. The topological polar surface area (TPSA) is 36.9 Å². The van der Waals surface area contributed by atoms with Gasteiger partial charge in [-0.1, -0.05) is 354 Å². The molecule has 0 fully saturated rings. The first kappa shape index (κ1) is 108. The first-order valence-corrected chi connectivity index (χ1v) is 40.3. The standard InChI is InChI=1S/2C17H29BO2.C15H26B.C15H23B.C15H23Br.C15H23.BrH.Li.Mg/c2*1-11(2)14-9-15(12(3)4)17(18(19-7)20-8)16(10-14)13(5)6;3*1-9(2)12-7-13(10(3)4)15(16)14(8-12)11(5)6;1-10(2)13-7-14(11(3)4)9-15(8-13)12(5)6;;;/h2*9-13H,1-8H3;7-11H,1-6,16H3;2*7-11H,1-6H3;7-8,10-12H,1-6H3;1H;;/q;;-1;;;-1;;+1;+2/p-1. The third kappa shape index (κ3) is 32.7. The molecule has 0 N–H and O–H groups in total. The molecular formula is C94H153B4Br2LiMgO4. The van der Waals surface area contributed by atoms with Gasteiger partial charge in [-0.3, -0.25) is 0 Å². The molecule has 106 heavy (non-hydrogen) atoms. The summed E-state index contributed by atoms with van der Waals surface area (Å²) in [6, 6.07) is 31.6. The van der Waals surface area contributed by atoms with E-state index in [1.165, 1.54) is 104 Å². The smallest absolute Gasteiger partial charge is 1.00 e. The molecule has 0 aromatic heterocycles. The van der Waals surface area contributed by atoms with Gasteiger partial charge in [-0.15, -0.1) is 0 Å². The maximum atomic E-state index is 6.25. The Morgan fingerprint density at radius 3 is 0.623 bits per heavy atom. The molecule has 0 heterocycles. The minimum atomic E-state index is -0.286. The Bertz CT molecular complexity index is 3010. The summed E-state index contributed by atoms with van der Waals surface area (Å²) in [6.07, 6.45) is 0. The minimum absolute atomic E-state index is 0. The molecule has 4 nitrogen and oxygen atoms in total. The molecule has 6 aromatic carbocycles. The number of hydrogen-bond donors (Lipinski definition) is 0. The van der Waals surface area contributed by atoms with Crippen LogP contribution in [-0.2, 0) is 18.6 Å². The van der Waals surface area contributed by atoms with Crippen molar-refractivity contribution < 1.29 is 54.5 Å². The van der Waals surface area contributed by atoms with Crippen LogP contribution in [0.4, 0.5) is 0 Å². The molecule has 0 amide bonds. The zero-order valence-electron chi connectivity index (χ0n) is 75.1. The van der Waals surface area contributed by atoms with Crippen LogP contribution in [0.2, 0.25) is 0 Å². The van der Waals surface area contributed by atoms with Crippen molar-refractivity contribution in [1.29, 1.82) is 0 Å². The van der Waals surface area contributed by atoms with Crippen LogP contribution in [0.5, 0.6) is 0 Å². The molecular weight excluding hydrogens is 1430 g/mol. The molecule has 0 bridgehead atoms. The van der Waals surface area contributed by atoms with Gasteiger partial charge < -0.3 is 35.6 Å². The van der Waals surface area contributed by atoms with Gasteiger partial charge in [-0.2, -0.15) is 34.9 Å². The van der Waals surface area contributed by atoms with Crippen molar-refractivity contribution in [2.24, 2.45) is 0 Å². The van der Waals surface area contributed by atoms with Gasteiger partial charge in [0, 0.05) is 32.9 Å². The van der Waals surface area contributed by atoms with Crippen LogP contribution in [0.3, 0.4) is 0 Å². The fraction of sp³-hybridized carbons (Fsp3) is 0.617. The molecule has 0 spiro atoms. The summed E-state index contributed by atoms with van der Waals surface area (Å²) in [5.74, 6) is 9.94. The molecule has 0 saturated carbocycles. The average Bonchev–Trinajstić information content (AvgIpc) is 0.797. The van der Waals surface area contributed by atoms with E-state index < -0.39 is 0 Å². The minimum Gasteiger partial charge on any atom is -1.00 e. The number of halogens is 2. The summed E-state index contributed by atoms with van der Waals surface area (Å²) in [6.45, 7) is 81.0. The number of rotatable bonds is 24. The summed E-state index contributed by atoms with van der Waals surface area (Å²) in [5.41, 5.74) is 30.6. The monoisotopic (exact) mass is 1580 g/mol. The zero-order chi connectivity index (χ0) is 79.8. The molecule has 582 valence electrons. The number of benzene rings is 6. The van der Waals surface area contributed by atoms with Crippen molar-refractivity contribution in [3.8, 4) is 0 Å². The molecule has 0 saturated heterocycles. The zero-order valence-corrected chi connectivity index (χ0v) is 79.7. The van der Waals surface area contributed by atoms with E-state index in [9.17, 15) is 0 Å². The van der Waals surface area contributed by atoms with Gasteiger partial charge in [0.15, 0.2) is 0 Å². The van der Waals surface area contributed by atoms with E-state index in [1.807, 2.05) is 0 Å². The van der Waals surface area contributed by atoms with Crippen LogP contribution >= 0.6 is 15.9 Å². The maximum Gasteiger partial charge on any atom is 2.00 e. The second kappa shape index (κ2) is 51.5. The van der Waals surface area contributed by atoms with Gasteiger partial charge in [0.25, 0.3) is 0 Å². The van der Waals surface area contributed by atoms with Crippen LogP contribution in [0.25, 0.3) is 0 Å². The van der Waals surface area contributed by atoms with Crippen molar-refractivity contribution in [2.75, 3.05) is 28.4 Å². The Labute approximate surface area is 706 Å². The van der Waals surface area contributed by atoms with Gasteiger partial charge in [0.2, 0.25) is 0 Å². The Morgan fingerprint density at radius 2 is 0.453 bits per heavy atom. The largest absolute Gasteiger partial charge is 2.00 e. The predicted octanol–water partition coefficient (Wildman–Crippen LogP) is 19.3. The van der Waals surface area contributed by atoms with E-state index in [0.29, 0.717) is 107 Å². The second-order valence-electron chi connectivity index (χ2n) is 34.4. The summed E-state index contributed by atoms with van der Waals surface area (Å²) in [5, 5.41) is 0. The van der Waals surface area contributed by atoms with E-state index in [0.717, 1.165) is 5.46 Å². The average molecular weight is 1580 g/mol. The van der Waals surface area contributed by atoms with Crippen molar-refractivity contribution in [1.82, 2.24) is 0 Å². The SMILES string of the molecule is CC(C)c1[c-]c(C(C)C)cc(C(C)C)c1.CC(C)c1cc(C(C)C)c(Br)c(C(C)C)c1.COB(OC)c1c(C(C)C)cc(C(C)C)cc1C(C)C.COB(OC)c1c(C(C)C)cc(C(C)C)cc1C(C)C.[BH3-]c1c(C(C)C)cc(C(C)C)cc1C(C)C.[B]c1c(C(C)C)cc(C(C)C)cc1C(C)C.[Br-].[Li+].[Mg+2]. The molecule has 0 unspecified atom stereocenters. The Kier molecular flexibility index (Phi) is 52.4. The van der Waals surface area contributed by atoms with Crippen molar-refractivity contribution in [3.63, 3.8) is 0 Å². The van der Waals surface area contributed by atoms with E-state index in [-0.39, 0.29) is 81.0 Å². The molecule has 0 aliphatic heterocycles. The maximum absolute atomic E-state index is 6.25. The molecule has 12 heteroatoms. The van der Waals surface area contributed by atoms with Crippen molar-refractivity contribution in [2.45, 2.75) is 356 Å². The Morgan fingerprint density at radius 1 is 0.283 bits per heavy atom. The molecule has 0 aliphatic rings. The third-order valence-corrected chi connectivity index (χ3v) is 20.5. The molecule has 0 atom stereocenters. The summed E-state index contributed by atoms with van der Waals surface area (Å²) in [4.78, 5) is 0. The van der Waals surface area contributed by atoms with Crippen LogP contribution in [0.1, 0.15) is 456 Å². The van der Waals surface area contributed by atoms with E-state index in [2.05, 4.69) is 344 Å². The van der Waals surface area contributed by atoms with Crippen LogP contribution in [0.15, 0.2) is 77.3 Å². The first-order chi connectivity index (χ1) is 47.6. The first-order valence-electron chi connectivity index (χ1n) is 39.5. The summed E-state index contributed by atoms with van der Waals surface area (Å²) >= 11 is 3.77. The Hall–Kier alpha value is -2.26. The van der Waals surface area contributed by atoms with Gasteiger partial charge in [0.05, 0.1) is 0 Å². The van der Waals surface area contributed by atoms with Gasteiger partial charge >= 0.3 is 56.2 Å². The quantitative estimate of drug-likeness (QED) is 0.0447.